The third kappa shape index (κ3) is 5.95. The van der Waals surface area contributed by atoms with Gasteiger partial charge in [0, 0.05) is 18.2 Å². The van der Waals surface area contributed by atoms with Crippen molar-refractivity contribution >= 4 is 85.9 Å². The van der Waals surface area contributed by atoms with E-state index < -0.39 is 5.91 Å². The van der Waals surface area contributed by atoms with Gasteiger partial charge in [0.1, 0.15) is 22.8 Å². The molecule has 0 radical (unpaired) electrons. The van der Waals surface area contributed by atoms with Crippen LogP contribution in [0.4, 0.5) is 11.4 Å². The summed E-state index contributed by atoms with van der Waals surface area (Å²) < 4.78 is 20.4. The average Bonchev–Trinajstić information content (AvgIpc) is 3.86. The second kappa shape index (κ2) is 13.6. The maximum absolute atomic E-state index is 13.5. The molecular formula is C34H28N6O6S4. The molecule has 4 heterocycles. The number of methoxy groups -OCH3 is 3. The summed E-state index contributed by atoms with van der Waals surface area (Å²) in [5, 5.41) is 15.7. The fourth-order valence-electron chi connectivity index (χ4n) is 5.46. The zero-order valence-electron chi connectivity index (χ0n) is 27.5. The summed E-state index contributed by atoms with van der Waals surface area (Å²) in [6.45, 7) is 4.76. The van der Waals surface area contributed by atoms with Crippen LogP contribution in [-0.2, 0) is 14.4 Å². The summed E-state index contributed by atoms with van der Waals surface area (Å²) in [5.74, 6) is 1.19. The minimum atomic E-state index is -0.533. The Morgan fingerprint density at radius 3 is 1.96 bits per heavy atom. The highest BCUT2D eigenvalue weighted by molar-refractivity contribution is 8.32. The second-order valence-electron chi connectivity index (χ2n) is 10.9. The predicted molar refractivity (Wildman–Crippen MR) is 196 cm³/mol. The first-order valence-electron chi connectivity index (χ1n) is 15.0. The SMILES string of the molecule is COc1ccccc1NC(=O)C(C(C)=O)=C1Sc2c(OC)c3c(c(OC)c2S1)SC(=c1c(C)nn2nc(-c4ccc(NC(C)=O)cc4)nc12)S3. The Balaban J connectivity index is 1.26. The van der Waals surface area contributed by atoms with E-state index in [-0.39, 0.29) is 17.3 Å². The lowest BCUT2D eigenvalue weighted by atomic mass is 10.2. The standard InChI is InChI=1S/C34H28N6O6S4/c1-15-22(31-37-30(39-40(31)38-15)18-11-13-19(14-12-18)35-17(3)42)33-47-26-24(45-5)28-29(25(46-6)27(26)48-33)50-34(49-28)23(16(2)41)32(43)36-20-9-7-8-10-21(20)44-4/h7-14H,1-6H3,(H,35,42)(H,36,43). The minimum absolute atomic E-state index is 0.0344. The Bertz CT molecular complexity index is 2290. The van der Waals surface area contributed by atoms with Crippen molar-refractivity contribution < 1.29 is 28.6 Å². The zero-order valence-corrected chi connectivity index (χ0v) is 30.8. The topological polar surface area (TPSA) is 146 Å². The van der Waals surface area contributed by atoms with Gasteiger partial charge in [0.15, 0.2) is 17.3 Å². The number of nitrogens with zero attached hydrogens (tertiary/aromatic N) is 4. The number of rotatable bonds is 8. The molecule has 7 rings (SSSR count). The number of nitrogens with one attached hydrogen (secondary N) is 2. The van der Waals surface area contributed by atoms with Gasteiger partial charge in [0.25, 0.3) is 5.91 Å². The summed E-state index contributed by atoms with van der Waals surface area (Å²) in [6.07, 6.45) is 0. The van der Waals surface area contributed by atoms with Gasteiger partial charge in [-0.15, -0.1) is 9.73 Å². The van der Waals surface area contributed by atoms with Crippen LogP contribution in [0.3, 0.4) is 0 Å². The van der Waals surface area contributed by atoms with Crippen molar-refractivity contribution in [3.63, 3.8) is 0 Å². The highest BCUT2D eigenvalue weighted by Gasteiger charge is 2.39. The number of aromatic nitrogens is 4. The van der Waals surface area contributed by atoms with Gasteiger partial charge in [-0.1, -0.05) is 59.2 Å². The first-order chi connectivity index (χ1) is 24.1. The van der Waals surface area contributed by atoms with Crippen molar-refractivity contribution in [3.05, 3.63) is 69.3 Å². The number of carbonyl (C=O) groups excluding carboxylic acids is 3. The molecule has 0 aliphatic carbocycles. The van der Waals surface area contributed by atoms with Crippen molar-refractivity contribution in [2.45, 2.75) is 40.4 Å². The van der Waals surface area contributed by atoms with Crippen LogP contribution in [0.2, 0.25) is 0 Å². The van der Waals surface area contributed by atoms with E-state index in [1.54, 1.807) is 50.6 Å². The summed E-state index contributed by atoms with van der Waals surface area (Å²) in [5.41, 5.74) is 3.34. The van der Waals surface area contributed by atoms with Crippen LogP contribution in [0.5, 0.6) is 17.2 Å². The van der Waals surface area contributed by atoms with E-state index in [4.69, 9.17) is 19.2 Å². The van der Waals surface area contributed by atoms with Crippen molar-refractivity contribution in [3.8, 4) is 28.6 Å². The molecule has 0 unspecified atom stereocenters. The van der Waals surface area contributed by atoms with Gasteiger partial charge in [0.05, 0.1) is 66.0 Å². The quantitative estimate of drug-likeness (QED) is 0.103. The number of anilines is 2. The van der Waals surface area contributed by atoms with Gasteiger partial charge in [-0.3, -0.25) is 14.4 Å². The number of Topliss-reactive ketones (excluding diaryl/α,β-unsaturated/α-hetero) is 1. The van der Waals surface area contributed by atoms with Gasteiger partial charge in [-0.2, -0.15) is 5.10 Å². The number of hydrogen-bond acceptors (Lipinski definition) is 13. The molecule has 2 amide bonds. The van der Waals surface area contributed by atoms with E-state index in [0.29, 0.717) is 44.3 Å². The predicted octanol–water partition coefficient (Wildman–Crippen LogP) is 6.40. The van der Waals surface area contributed by atoms with E-state index in [1.807, 2.05) is 19.1 Å². The molecule has 0 bridgehead atoms. The lowest BCUT2D eigenvalue weighted by Crippen LogP contribution is -2.20. The Kier molecular flexibility index (Phi) is 9.19. The van der Waals surface area contributed by atoms with Crippen LogP contribution in [0.1, 0.15) is 19.5 Å². The Labute approximate surface area is 303 Å². The molecule has 2 N–H and O–H groups in total. The summed E-state index contributed by atoms with van der Waals surface area (Å²) in [7, 11) is 4.73. The van der Waals surface area contributed by atoms with Crippen LogP contribution in [0.15, 0.2) is 77.9 Å². The molecule has 0 fully saturated rings. The van der Waals surface area contributed by atoms with Crippen LogP contribution in [-0.4, -0.2) is 58.7 Å². The number of thioether (sulfide) groups is 4. The van der Waals surface area contributed by atoms with Gasteiger partial charge in [-0.05, 0) is 50.2 Å². The molecule has 2 aliphatic rings. The number of hydrogen-bond donors (Lipinski definition) is 2. The molecule has 3 aromatic carbocycles. The monoisotopic (exact) mass is 744 g/mol. The third-order valence-electron chi connectivity index (χ3n) is 7.65. The molecule has 254 valence electrons. The van der Waals surface area contributed by atoms with E-state index in [2.05, 4.69) is 20.8 Å². The largest absolute Gasteiger partial charge is 0.495 e. The molecular weight excluding hydrogens is 717 g/mol. The fraction of sp³-hybridized carbons (Fsp3) is 0.176. The Hall–Kier alpha value is -4.64. The normalized spacial score (nSPS) is 13.2. The first-order valence-corrected chi connectivity index (χ1v) is 18.3. The van der Waals surface area contributed by atoms with E-state index in [1.165, 1.54) is 72.6 Å². The van der Waals surface area contributed by atoms with Crippen molar-refractivity contribution in [1.82, 2.24) is 19.8 Å². The summed E-state index contributed by atoms with van der Waals surface area (Å²) in [6, 6.07) is 14.3. The number of aryl methyl sites for hydroxylation is 1. The van der Waals surface area contributed by atoms with Gasteiger partial charge in [0.2, 0.25) is 5.91 Å². The lowest BCUT2D eigenvalue weighted by molar-refractivity contribution is -0.119. The maximum Gasteiger partial charge on any atom is 0.261 e. The highest BCUT2D eigenvalue weighted by Crippen LogP contribution is 2.68. The first kappa shape index (κ1) is 33.8. The minimum Gasteiger partial charge on any atom is -0.495 e. The summed E-state index contributed by atoms with van der Waals surface area (Å²) in [4.78, 5) is 46.0. The lowest BCUT2D eigenvalue weighted by Gasteiger charge is -2.14. The number of carbonyl (C=O) groups is 3. The smallest absolute Gasteiger partial charge is 0.261 e. The van der Waals surface area contributed by atoms with Crippen molar-refractivity contribution in [1.29, 1.82) is 0 Å². The van der Waals surface area contributed by atoms with Crippen LogP contribution >= 0.6 is 47.0 Å². The molecule has 2 aliphatic heterocycles. The second-order valence-corrected chi connectivity index (χ2v) is 15.5. The van der Waals surface area contributed by atoms with Gasteiger partial charge >= 0.3 is 0 Å². The molecule has 5 aromatic rings. The Morgan fingerprint density at radius 2 is 1.38 bits per heavy atom. The molecule has 12 nitrogen and oxygen atoms in total. The molecule has 0 saturated carbocycles. The number of ketones is 1. The number of ether oxygens (including phenoxy) is 3. The van der Waals surface area contributed by atoms with Gasteiger partial charge in [-0.25, -0.2) is 4.98 Å². The highest BCUT2D eigenvalue weighted by atomic mass is 32.2. The van der Waals surface area contributed by atoms with Crippen LogP contribution < -0.4 is 30.1 Å². The molecule has 2 aromatic heterocycles. The maximum atomic E-state index is 13.5. The van der Waals surface area contributed by atoms with Crippen molar-refractivity contribution in [2.24, 2.45) is 0 Å². The molecule has 0 saturated heterocycles. The molecule has 50 heavy (non-hydrogen) atoms. The van der Waals surface area contributed by atoms with Crippen molar-refractivity contribution in [2.75, 3.05) is 32.0 Å². The average molecular weight is 745 g/mol. The molecule has 0 atom stereocenters. The van der Waals surface area contributed by atoms with Gasteiger partial charge < -0.3 is 24.8 Å². The van der Waals surface area contributed by atoms with E-state index >= 15 is 0 Å². The van der Waals surface area contributed by atoms with Crippen LogP contribution in [0, 0.1) is 6.92 Å². The number of fused-ring (bicyclic) bond motifs is 3. The Morgan fingerprint density at radius 1 is 0.760 bits per heavy atom. The fourth-order valence-corrected chi connectivity index (χ4v) is 11.4. The van der Waals surface area contributed by atoms with E-state index in [9.17, 15) is 14.4 Å². The molecule has 16 heteroatoms. The molecule has 0 spiro atoms. The summed E-state index contributed by atoms with van der Waals surface area (Å²) >= 11 is 5.67. The van der Waals surface area contributed by atoms with E-state index in [0.717, 1.165) is 40.3 Å². The number of para-hydroxylation sites is 2. The zero-order chi connectivity index (χ0) is 35.3. The number of amides is 2. The van der Waals surface area contributed by atoms with Crippen LogP contribution in [0.25, 0.3) is 21.3 Å². The number of benzene rings is 3. The third-order valence-corrected chi connectivity index (χ3v) is 12.8.